The van der Waals surface area contributed by atoms with Crippen molar-refractivity contribution in [3.63, 3.8) is 0 Å². The Morgan fingerprint density at radius 1 is 0.947 bits per heavy atom. The molecule has 2 aliphatic heterocycles. The Bertz CT molecular complexity index is 1340. The number of hydrogen-bond acceptors (Lipinski definition) is 7. The fourth-order valence-corrected chi connectivity index (χ4v) is 4.98. The minimum Gasteiger partial charge on any atom is -0.355 e. The van der Waals surface area contributed by atoms with Crippen molar-refractivity contribution in [2.75, 3.05) is 57.5 Å². The van der Waals surface area contributed by atoms with Crippen molar-refractivity contribution in [1.29, 1.82) is 0 Å². The molecule has 11 heteroatoms. The highest BCUT2D eigenvalue weighted by Gasteiger charge is 2.27. The quantitative estimate of drug-likeness (QED) is 0.422. The van der Waals surface area contributed by atoms with Crippen LogP contribution in [0, 0.1) is 0 Å². The van der Waals surface area contributed by atoms with E-state index in [2.05, 4.69) is 65.9 Å². The number of piperazine rings is 1. The van der Waals surface area contributed by atoms with Crippen molar-refractivity contribution in [2.24, 2.45) is 0 Å². The molecule has 38 heavy (non-hydrogen) atoms. The summed E-state index contributed by atoms with van der Waals surface area (Å²) >= 11 is 3.50. The molecule has 3 heterocycles. The van der Waals surface area contributed by atoms with E-state index in [4.69, 9.17) is 0 Å². The lowest BCUT2D eigenvalue weighted by Crippen LogP contribution is -2.52. The minimum atomic E-state index is -0.189. The molecule has 0 atom stereocenters. The van der Waals surface area contributed by atoms with Crippen LogP contribution in [0.25, 0.3) is 0 Å². The van der Waals surface area contributed by atoms with Gasteiger partial charge in [0.1, 0.15) is 5.82 Å². The predicted molar refractivity (Wildman–Crippen MR) is 151 cm³/mol. The van der Waals surface area contributed by atoms with E-state index in [1.165, 1.54) is 5.56 Å². The second-order valence-corrected chi connectivity index (χ2v) is 10.3. The second kappa shape index (κ2) is 11.4. The van der Waals surface area contributed by atoms with Crippen LogP contribution in [-0.4, -0.2) is 83.4 Å². The first-order valence-corrected chi connectivity index (χ1v) is 13.4. The van der Waals surface area contributed by atoms with Crippen LogP contribution in [0.1, 0.15) is 21.5 Å². The lowest BCUT2D eigenvalue weighted by molar-refractivity contribution is 0.0964. The minimum absolute atomic E-state index is 0.117. The van der Waals surface area contributed by atoms with E-state index in [0.717, 1.165) is 50.4 Å². The third-order valence-electron chi connectivity index (χ3n) is 6.91. The van der Waals surface area contributed by atoms with Gasteiger partial charge in [-0.15, -0.1) is 0 Å². The average molecular weight is 580 g/mol. The molecule has 1 fully saturated rings. The first kappa shape index (κ1) is 25.9. The summed E-state index contributed by atoms with van der Waals surface area (Å²) in [7, 11) is 3.69. The highest BCUT2D eigenvalue weighted by molar-refractivity contribution is 9.10. The molecule has 1 saturated heterocycles. The zero-order valence-corrected chi connectivity index (χ0v) is 23.1. The van der Waals surface area contributed by atoms with Crippen molar-refractivity contribution in [1.82, 2.24) is 30.0 Å². The summed E-state index contributed by atoms with van der Waals surface area (Å²) in [6.07, 6.45) is 2.50. The van der Waals surface area contributed by atoms with Gasteiger partial charge in [-0.2, -0.15) is 4.98 Å². The Morgan fingerprint density at radius 2 is 1.74 bits per heavy atom. The number of hydrogen-bond donors (Lipinski definition) is 3. The Hall–Kier alpha value is -3.70. The van der Waals surface area contributed by atoms with Crippen molar-refractivity contribution >= 4 is 51.0 Å². The topological polar surface area (TPSA) is 106 Å². The van der Waals surface area contributed by atoms with Crippen LogP contribution in [0.4, 0.5) is 27.9 Å². The van der Waals surface area contributed by atoms with Crippen LogP contribution >= 0.6 is 15.9 Å². The molecule has 0 unspecified atom stereocenters. The summed E-state index contributed by atoms with van der Waals surface area (Å²) in [4.78, 5) is 40.6. The van der Waals surface area contributed by atoms with Crippen LogP contribution in [0.2, 0.25) is 0 Å². The maximum atomic E-state index is 13.1. The predicted octanol–water partition coefficient (Wildman–Crippen LogP) is 3.81. The number of likely N-dealkylation sites (N-methyl/N-ethyl adjacent to an activating group) is 1. The van der Waals surface area contributed by atoms with E-state index in [9.17, 15) is 9.59 Å². The van der Waals surface area contributed by atoms with Gasteiger partial charge in [-0.1, -0.05) is 18.2 Å². The fourth-order valence-electron chi connectivity index (χ4n) is 4.69. The molecule has 5 rings (SSSR count). The molecule has 0 saturated carbocycles. The van der Waals surface area contributed by atoms with Gasteiger partial charge in [0.25, 0.3) is 5.91 Å². The van der Waals surface area contributed by atoms with Gasteiger partial charge in [0.2, 0.25) is 5.95 Å². The summed E-state index contributed by atoms with van der Waals surface area (Å²) in [6.45, 7) is 4.67. The van der Waals surface area contributed by atoms with Crippen molar-refractivity contribution in [3.05, 3.63) is 69.8 Å². The number of benzene rings is 2. The maximum Gasteiger partial charge on any atom is 0.320 e. The zero-order valence-electron chi connectivity index (χ0n) is 21.5. The molecule has 10 nitrogen and oxygen atoms in total. The first-order chi connectivity index (χ1) is 18.4. The molecule has 0 bridgehead atoms. The fraction of sp³-hybridized carbons (Fsp3) is 0.333. The Balaban J connectivity index is 1.30. The average Bonchev–Trinajstić information content (AvgIpc) is 2.94. The Morgan fingerprint density at radius 3 is 2.53 bits per heavy atom. The molecule has 3 amide bonds. The summed E-state index contributed by atoms with van der Waals surface area (Å²) in [5.74, 6) is 0.751. The second-order valence-electron chi connectivity index (χ2n) is 9.49. The maximum absolute atomic E-state index is 13.1. The van der Waals surface area contributed by atoms with E-state index in [0.29, 0.717) is 34.0 Å². The normalized spacial score (nSPS) is 15.6. The van der Waals surface area contributed by atoms with E-state index in [1.54, 1.807) is 19.3 Å². The van der Waals surface area contributed by atoms with Crippen LogP contribution < -0.4 is 16.0 Å². The standard InChI is InChI=1S/C27H31BrN8O2/c1-29-25(37)21-5-3-4-6-23(21)32-24-22(28)16-30-26(33-24)31-20-8-7-18-9-10-36(17-19(18)15-20)27(38)35-13-11-34(2)12-14-35/h3-8,15-16H,9-14,17H2,1-2H3,(H,29,37)(H2,30,31,32,33). The monoisotopic (exact) mass is 578 g/mol. The first-order valence-electron chi connectivity index (χ1n) is 12.6. The van der Waals surface area contributed by atoms with E-state index in [-0.39, 0.29) is 11.9 Å². The van der Waals surface area contributed by atoms with Gasteiger partial charge < -0.3 is 30.7 Å². The number of rotatable bonds is 5. The summed E-state index contributed by atoms with van der Waals surface area (Å²) in [5, 5.41) is 9.18. The largest absolute Gasteiger partial charge is 0.355 e. The molecule has 0 radical (unpaired) electrons. The van der Waals surface area contributed by atoms with Gasteiger partial charge in [-0.3, -0.25) is 4.79 Å². The lowest BCUT2D eigenvalue weighted by Gasteiger charge is -2.38. The van der Waals surface area contributed by atoms with Gasteiger partial charge in [-0.05, 0) is 64.8 Å². The number of carbonyl (C=O) groups is 2. The number of urea groups is 1. The van der Waals surface area contributed by atoms with Crippen molar-refractivity contribution in [2.45, 2.75) is 13.0 Å². The van der Waals surface area contributed by atoms with Crippen LogP contribution in [-0.2, 0) is 13.0 Å². The third-order valence-corrected chi connectivity index (χ3v) is 7.50. The molecule has 0 spiro atoms. The molecule has 198 valence electrons. The van der Waals surface area contributed by atoms with Crippen LogP contribution in [0.5, 0.6) is 0 Å². The van der Waals surface area contributed by atoms with Gasteiger partial charge in [0, 0.05) is 58.2 Å². The van der Waals surface area contributed by atoms with Gasteiger partial charge in [-0.25, -0.2) is 9.78 Å². The van der Waals surface area contributed by atoms with E-state index >= 15 is 0 Å². The molecular formula is C27H31BrN8O2. The molecule has 3 aromatic rings. The van der Waals surface area contributed by atoms with Crippen molar-refractivity contribution in [3.8, 4) is 0 Å². The lowest BCUT2D eigenvalue weighted by atomic mass is 9.99. The van der Waals surface area contributed by atoms with Crippen molar-refractivity contribution < 1.29 is 9.59 Å². The number of carbonyl (C=O) groups excluding carboxylic acids is 2. The molecule has 0 aliphatic carbocycles. The van der Waals surface area contributed by atoms with Gasteiger partial charge in [0.15, 0.2) is 0 Å². The number of fused-ring (bicyclic) bond motifs is 1. The third kappa shape index (κ3) is 5.73. The number of nitrogens with zero attached hydrogens (tertiary/aromatic N) is 5. The highest BCUT2D eigenvalue weighted by atomic mass is 79.9. The molecular weight excluding hydrogens is 548 g/mol. The molecule has 2 aliphatic rings. The number of anilines is 4. The van der Waals surface area contributed by atoms with Gasteiger partial charge in [0.05, 0.1) is 15.7 Å². The van der Waals surface area contributed by atoms with Crippen LogP contribution in [0.15, 0.2) is 53.1 Å². The Kier molecular flexibility index (Phi) is 7.75. The summed E-state index contributed by atoms with van der Waals surface area (Å²) in [6, 6.07) is 13.5. The number of para-hydroxylation sites is 1. The SMILES string of the molecule is CNC(=O)c1ccccc1Nc1nc(Nc2ccc3c(c2)CN(C(=O)N2CCN(C)CC2)CC3)ncc1Br. The van der Waals surface area contributed by atoms with Gasteiger partial charge >= 0.3 is 6.03 Å². The summed E-state index contributed by atoms with van der Waals surface area (Å²) in [5.41, 5.74) is 4.37. The number of halogens is 1. The number of nitrogens with one attached hydrogen (secondary N) is 3. The smallest absolute Gasteiger partial charge is 0.320 e. The highest BCUT2D eigenvalue weighted by Crippen LogP contribution is 2.29. The molecule has 1 aromatic heterocycles. The number of aromatic nitrogens is 2. The summed E-state index contributed by atoms with van der Waals surface area (Å²) < 4.78 is 0.665. The zero-order chi connectivity index (χ0) is 26.6. The molecule has 2 aromatic carbocycles. The molecule has 3 N–H and O–H groups in total. The van der Waals surface area contributed by atoms with E-state index < -0.39 is 0 Å². The van der Waals surface area contributed by atoms with E-state index in [1.807, 2.05) is 34.1 Å². The van der Waals surface area contributed by atoms with Crippen LogP contribution in [0.3, 0.4) is 0 Å². The number of amides is 3. The Labute approximate surface area is 230 Å².